The molecule has 0 spiro atoms. The summed E-state index contributed by atoms with van der Waals surface area (Å²) in [6, 6.07) is 11.0. The van der Waals surface area contributed by atoms with Gasteiger partial charge in [-0.15, -0.1) is 0 Å². The third kappa shape index (κ3) is 5.28. The van der Waals surface area contributed by atoms with E-state index in [-0.39, 0.29) is 24.4 Å². The van der Waals surface area contributed by atoms with Crippen molar-refractivity contribution in [3.05, 3.63) is 41.6 Å². The number of piperidine rings is 1. The molecule has 184 valence electrons. The first-order valence-corrected chi connectivity index (χ1v) is 11.9. The van der Waals surface area contributed by atoms with Crippen molar-refractivity contribution in [3.8, 4) is 17.7 Å². The van der Waals surface area contributed by atoms with E-state index in [1.807, 2.05) is 37.3 Å². The third-order valence-electron chi connectivity index (χ3n) is 6.61. The molecule has 1 aromatic heterocycles. The lowest BCUT2D eigenvalue weighted by Gasteiger charge is -2.38. The Balaban J connectivity index is 1.42. The number of carboxylic acid groups (broad SMARTS) is 1. The van der Waals surface area contributed by atoms with Crippen molar-refractivity contribution in [2.24, 2.45) is 16.9 Å². The van der Waals surface area contributed by atoms with Gasteiger partial charge in [0.15, 0.2) is 0 Å². The minimum Gasteiger partial charge on any atom is -0.490 e. The highest BCUT2D eigenvalue weighted by atomic mass is 35.5. The number of aromatic nitrogens is 1. The number of methoxy groups -OCH3 is 1. The van der Waals surface area contributed by atoms with Crippen LogP contribution in [0.3, 0.4) is 0 Å². The number of ether oxygens (including phenoxy) is 2. The van der Waals surface area contributed by atoms with Crippen LogP contribution < -0.4 is 19.4 Å². The van der Waals surface area contributed by atoms with Crippen LogP contribution in [0.1, 0.15) is 26.7 Å². The Morgan fingerprint density at radius 2 is 2.06 bits per heavy atom. The number of aliphatic carboxylic acids is 1. The Morgan fingerprint density at radius 3 is 2.69 bits per heavy atom. The summed E-state index contributed by atoms with van der Waals surface area (Å²) in [5.41, 5.74) is 1.97. The zero-order valence-electron chi connectivity index (χ0n) is 19.9. The number of rotatable bonds is 7. The molecular formula is C25H28ClN5O4. The fraction of sp³-hybridized carbons (Fsp3) is 0.440. The van der Waals surface area contributed by atoms with Gasteiger partial charge in [0, 0.05) is 37.4 Å². The number of hydrazone groups is 1. The minimum absolute atomic E-state index is 0.0365. The lowest BCUT2D eigenvalue weighted by Crippen LogP contribution is -2.44. The minimum atomic E-state index is -0.923. The standard InChI is InChI=1S/C25H28ClN5O4/c1-15-14-30(22-10-24(34-3)28-13-19(22)26)9-8-23(15)35-18-6-4-17(5-7-18)31-21(11-25(32)33)16(2)20(12-27)29-31/h4-7,10,13,15-16,21,23H,8-9,11,14H2,1-3H3,(H,32,33). The van der Waals surface area contributed by atoms with Crippen LogP contribution in [-0.4, -0.2) is 54.1 Å². The maximum absolute atomic E-state index is 11.3. The van der Waals surface area contributed by atoms with E-state index in [2.05, 4.69) is 28.0 Å². The zero-order chi connectivity index (χ0) is 25.1. The van der Waals surface area contributed by atoms with E-state index in [0.717, 1.165) is 36.6 Å². The molecule has 0 amide bonds. The number of halogens is 1. The quantitative estimate of drug-likeness (QED) is 0.605. The highest BCUT2D eigenvalue weighted by Gasteiger charge is 2.37. The van der Waals surface area contributed by atoms with Gasteiger partial charge in [-0.25, -0.2) is 4.98 Å². The summed E-state index contributed by atoms with van der Waals surface area (Å²) in [5.74, 6) is 0.328. The van der Waals surface area contributed by atoms with Gasteiger partial charge in [0.25, 0.3) is 0 Å². The Bertz CT molecular complexity index is 1150. The van der Waals surface area contributed by atoms with Gasteiger partial charge in [-0.1, -0.05) is 25.4 Å². The molecule has 1 fully saturated rings. The number of nitriles is 1. The van der Waals surface area contributed by atoms with Crippen molar-refractivity contribution in [1.29, 1.82) is 5.26 Å². The maximum Gasteiger partial charge on any atom is 0.305 e. The van der Waals surface area contributed by atoms with E-state index >= 15 is 0 Å². The van der Waals surface area contributed by atoms with Gasteiger partial charge in [-0.3, -0.25) is 9.80 Å². The number of carbonyl (C=O) groups is 1. The number of hydrogen-bond acceptors (Lipinski definition) is 8. The highest BCUT2D eigenvalue weighted by molar-refractivity contribution is 6.33. The van der Waals surface area contributed by atoms with Crippen LogP contribution in [0.5, 0.6) is 11.6 Å². The number of carboxylic acids is 1. The monoisotopic (exact) mass is 497 g/mol. The van der Waals surface area contributed by atoms with Gasteiger partial charge < -0.3 is 19.5 Å². The Morgan fingerprint density at radius 1 is 1.31 bits per heavy atom. The molecule has 0 saturated carbocycles. The molecular weight excluding hydrogens is 470 g/mol. The Kier molecular flexibility index (Phi) is 7.31. The summed E-state index contributed by atoms with van der Waals surface area (Å²) in [4.78, 5) is 17.7. The van der Waals surface area contributed by atoms with Gasteiger partial charge in [-0.2, -0.15) is 10.4 Å². The first-order chi connectivity index (χ1) is 16.8. The van der Waals surface area contributed by atoms with Crippen LogP contribution in [-0.2, 0) is 4.79 Å². The van der Waals surface area contributed by atoms with E-state index in [1.54, 1.807) is 18.3 Å². The molecule has 10 heteroatoms. The van der Waals surface area contributed by atoms with Crippen molar-refractivity contribution in [3.63, 3.8) is 0 Å². The molecule has 4 atom stereocenters. The largest absolute Gasteiger partial charge is 0.490 e. The average molecular weight is 498 g/mol. The third-order valence-corrected chi connectivity index (χ3v) is 6.90. The number of hydrogen-bond donors (Lipinski definition) is 1. The molecule has 3 heterocycles. The summed E-state index contributed by atoms with van der Waals surface area (Å²) in [6.45, 7) is 5.55. The molecule has 0 aliphatic carbocycles. The van der Waals surface area contributed by atoms with Crippen LogP contribution >= 0.6 is 11.6 Å². The molecule has 0 bridgehead atoms. The van der Waals surface area contributed by atoms with Crippen molar-refractivity contribution in [2.45, 2.75) is 38.8 Å². The van der Waals surface area contributed by atoms with E-state index in [1.165, 1.54) is 0 Å². The second-order valence-corrected chi connectivity index (χ2v) is 9.34. The first kappa shape index (κ1) is 24.6. The van der Waals surface area contributed by atoms with E-state index in [4.69, 9.17) is 21.1 Å². The van der Waals surface area contributed by atoms with E-state index < -0.39 is 12.0 Å². The van der Waals surface area contributed by atoms with Gasteiger partial charge in [0.05, 0.1) is 42.2 Å². The summed E-state index contributed by atoms with van der Waals surface area (Å²) in [6.07, 6.45) is 2.37. The summed E-state index contributed by atoms with van der Waals surface area (Å²) < 4.78 is 11.5. The lowest BCUT2D eigenvalue weighted by molar-refractivity contribution is -0.137. The van der Waals surface area contributed by atoms with Crippen LogP contribution in [0.2, 0.25) is 5.02 Å². The predicted molar refractivity (Wildman–Crippen MR) is 133 cm³/mol. The zero-order valence-corrected chi connectivity index (χ0v) is 20.6. The molecule has 1 N–H and O–H groups in total. The summed E-state index contributed by atoms with van der Waals surface area (Å²) in [7, 11) is 1.58. The predicted octanol–water partition coefficient (Wildman–Crippen LogP) is 4.22. The SMILES string of the molecule is COc1cc(N2CCC(Oc3ccc(N4N=C(C#N)C(C)C4CC(=O)O)cc3)C(C)C2)c(Cl)cn1. The number of benzene rings is 1. The van der Waals surface area contributed by atoms with Crippen LogP contribution in [0.15, 0.2) is 41.6 Å². The van der Waals surface area contributed by atoms with Gasteiger partial charge in [-0.05, 0) is 24.3 Å². The van der Waals surface area contributed by atoms with Gasteiger partial charge in [0.2, 0.25) is 5.88 Å². The highest BCUT2D eigenvalue weighted by Crippen LogP contribution is 2.34. The molecule has 2 aliphatic heterocycles. The van der Waals surface area contributed by atoms with Crippen molar-refractivity contribution >= 4 is 34.7 Å². The summed E-state index contributed by atoms with van der Waals surface area (Å²) >= 11 is 6.38. The Hall–Kier alpha value is -3.51. The molecule has 1 saturated heterocycles. The van der Waals surface area contributed by atoms with Crippen molar-refractivity contribution in [2.75, 3.05) is 30.1 Å². The number of nitrogens with zero attached hydrogens (tertiary/aromatic N) is 5. The molecule has 0 radical (unpaired) electrons. The van der Waals surface area contributed by atoms with Crippen LogP contribution in [0.25, 0.3) is 0 Å². The fourth-order valence-corrected chi connectivity index (χ4v) is 4.85. The van der Waals surface area contributed by atoms with Gasteiger partial charge >= 0.3 is 5.97 Å². The van der Waals surface area contributed by atoms with Gasteiger partial charge in [0.1, 0.15) is 23.6 Å². The van der Waals surface area contributed by atoms with Crippen LogP contribution in [0.4, 0.5) is 11.4 Å². The fourth-order valence-electron chi connectivity index (χ4n) is 4.62. The van der Waals surface area contributed by atoms with Crippen LogP contribution in [0, 0.1) is 23.2 Å². The Labute approximate surface area is 209 Å². The smallest absolute Gasteiger partial charge is 0.305 e. The molecule has 4 rings (SSSR count). The molecule has 2 aromatic rings. The first-order valence-electron chi connectivity index (χ1n) is 11.5. The van der Waals surface area contributed by atoms with E-state index in [9.17, 15) is 15.2 Å². The topological polar surface area (TPSA) is 111 Å². The van der Waals surface area contributed by atoms with E-state index in [0.29, 0.717) is 16.6 Å². The second kappa shape index (κ2) is 10.4. The normalized spacial score (nSPS) is 24.0. The lowest BCUT2D eigenvalue weighted by atomic mass is 9.95. The van der Waals surface area contributed by atoms with Crippen molar-refractivity contribution in [1.82, 2.24) is 4.98 Å². The van der Waals surface area contributed by atoms with Crippen molar-refractivity contribution < 1.29 is 19.4 Å². The molecule has 1 aromatic carbocycles. The maximum atomic E-state index is 11.3. The number of anilines is 2. The molecule has 2 aliphatic rings. The molecule has 4 unspecified atom stereocenters. The second-order valence-electron chi connectivity index (χ2n) is 8.94. The summed E-state index contributed by atoms with van der Waals surface area (Å²) in [5, 5.41) is 25.2. The average Bonchev–Trinajstić information content (AvgIpc) is 3.16. The number of pyridine rings is 1. The molecule has 9 nitrogen and oxygen atoms in total. The molecule has 35 heavy (non-hydrogen) atoms.